The number of ether oxygens (including phenoxy) is 1. The fourth-order valence-corrected chi connectivity index (χ4v) is 3.46. The molecule has 4 rings (SSSR count). The zero-order valence-corrected chi connectivity index (χ0v) is 15.0. The van der Waals surface area contributed by atoms with Crippen LogP contribution in [-0.2, 0) is 0 Å². The third-order valence-corrected chi connectivity index (χ3v) is 4.60. The first kappa shape index (κ1) is 16.3. The zero-order valence-electron chi connectivity index (χ0n) is 15.0. The SMILES string of the molecule is COc1ccccc1C(Nc1cc(C)on1)c1c(C)[nH]c2ccccc12. The molecule has 2 aromatic heterocycles. The van der Waals surface area contributed by atoms with Crippen molar-refractivity contribution in [2.45, 2.75) is 19.9 Å². The first-order valence-electron chi connectivity index (χ1n) is 8.57. The highest BCUT2D eigenvalue weighted by Gasteiger charge is 2.24. The van der Waals surface area contributed by atoms with E-state index in [2.05, 4.69) is 46.6 Å². The van der Waals surface area contributed by atoms with Crippen molar-refractivity contribution in [2.75, 3.05) is 12.4 Å². The van der Waals surface area contributed by atoms with Crippen LogP contribution in [0.25, 0.3) is 10.9 Å². The fraction of sp³-hybridized carbons (Fsp3) is 0.190. The molecule has 2 aromatic carbocycles. The van der Waals surface area contributed by atoms with Gasteiger partial charge in [0, 0.05) is 33.8 Å². The number of aromatic amines is 1. The Morgan fingerprint density at radius 2 is 1.85 bits per heavy atom. The molecule has 5 nitrogen and oxygen atoms in total. The van der Waals surface area contributed by atoms with Crippen molar-refractivity contribution in [3.8, 4) is 5.75 Å². The summed E-state index contributed by atoms with van der Waals surface area (Å²) in [6.07, 6.45) is 0. The topological polar surface area (TPSA) is 63.1 Å². The molecule has 0 amide bonds. The lowest BCUT2D eigenvalue weighted by atomic mass is 9.95. The molecular formula is C21H21N3O2. The molecule has 1 atom stereocenters. The molecule has 2 N–H and O–H groups in total. The van der Waals surface area contributed by atoms with Crippen molar-refractivity contribution in [1.29, 1.82) is 0 Å². The minimum absolute atomic E-state index is 0.133. The number of methoxy groups -OCH3 is 1. The highest BCUT2D eigenvalue weighted by atomic mass is 16.5. The van der Waals surface area contributed by atoms with Crippen LogP contribution in [0.2, 0.25) is 0 Å². The van der Waals surface area contributed by atoms with E-state index in [0.29, 0.717) is 5.82 Å². The van der Waals surface area contributed by atoms with Crippen molar-refractivity contribution in [3.05, 3.63) is 77.2 Å². The van der Waals surface area contributed by atoms with Gasteiger partial charge in [0.15, 0.2) is 5.82 Å². The first-order chi connectivity index (χ1) is 12.7. The van der Waals surface area contributed by atoms with E-state index in [-0.39, 0.29) is 6.04 Å². The summed E-state index contributed by atoms with van der Waals surface area (Å²) in [4.78, 5) is 3.48. The van der Waals surface area contributed by atoms with Gasteiger partial charge in [-0.25, -0.2) is 0 Å². The Morgan fingerprint density at radius 1 is 1.08 bits per heavy atom. The number of hydrogen-bond donors (Lipinski definition) is 2. The number of nitrogens with one attached hydrogen (secondary N) is 2. The van der Waals surface area contributed by atoms with E-state index < -0.39 is 0 Å². The van der Waals surface area contributed by atoms with E-state index in [4.69, 9.17) is 9.26 Å². The summed E-state index contributed by atoms with van der Waals surface area (Å²) in [7, 11) is 1.69. The molecule has 0 saturated carbocycles. The third kappa shape index (κ3) is 2.81. The number of rotatable bonds is 5. The van der Waals surface area contributed by atoms with Gasteiger partial charge >= 0.3 is 0 Å². The van der Waals surface area contributed by atoms with E-state index in [0.717, 1.165) is 28.3 Å². The first-order valence-corrected chi connectivity index (χ1v) is 8.57. The summed E-state index contributed by atoms with van der Waals surface area (Å²) in [6.45, 7) is 3.97. The summed E-state index contributed by atoms with van der Waals surface area (Å²) < 4.78 is 10.9. The molecule has 0 aliphatic carbocycles. The number of aryl methyl sites for hydroxylation is 2. The molecule has 0 bridgehead atoms. The standard InChI is InChI=1S/C21H21N3O2/c1-13-12-19(24-26-13)23-21(16-9-5-7-11-18(16)25-3)20-14(2)22-17-10-6-4-8-15(17)20/h4-12,21-22H,1-3H3,(H,23,24). The molecule has 0 fully saturated rings. The Bertz CT molecular complexity index is 1050. The van der Waals surface area contributed by atoms with Crippen LogP contribution in [0.5, 0.6) is 5.75 Å². The molecule has 26 heavy (non-hydrogen) atoms. The normalized spacial score (nSPS) is 12.3. The fourth-order valence-electron chi connectivity index (χ4n) is 3.46. The Labute approximate surface area is 152 Å². The number of para-hydroxylation sites is 2. The molecule has 0 spiro atoms. The maximum atomic E-state index is 5.63. The van der Waals surface area contributed by atoms with Crippen LogP contribution in [0.1, 0.15) is 28.6 Å². The van der Waals surface area contributed by atoms with Gasteiger partial charge in [0.25, 0.3) is 0 Å². The Kier molecular flexibility index (Phi) is 4.13. The number of aromatic nitrogens is 2. The highest BCUT2D eigenvalue weighted by molar-refractivity contribution is 5.86. The molecule has 4 aromatic rings. The smallest absolute Gasteiger partial charge is 0.170 e. The minimum atomic E-state index is -0.133. The zero-order chi connectivity index (χ0) is 18.1. The van der Waals surface area contributed by atoms with Gasteiger partial charge < -0.3 is 19.6 Å². The monoisotopic (exact) mass is 347 g/mol. The van der Waals surface area contributed by atoms with Gasteiger partial charge in [-0.05, 0) is 26.0 Å². The Balaban J connectivity index is 1.91. The molecule has 1 unspecified atom stereocenters. The lowest BCUT2D eigenvalue weighted by Gasteiger charge is -2.22. The molecule has 0 radical (unpaired) electrons. The van der Waals surface area contributed by atoms with Crippen molar-refractivity contribution in [1.82, 2.24) is 10.1 Å². The number of benzene rings is 2. The summed E-state index contributed by atoms with van der Waals surface area (Å²) in [6, 6.07) is 18.1. The summed E-state index contributed by atoms with van der Waals surface area (Å²) in [5.74, 6) is 2.29. The molecular weight excluding hydrogens is 326 g/mol. The van der Waals surface area contributed by atoms with E-state index >= 15 is 0 Å². The van der Waals surface area contributed by atoms with Crippen LogP contribution in [-0.4, -0.2) is 17.3 Å². The number of hydrogen-bond acceptors (Lipinski definition) is 4. The highest BCUT2D eigenvalue weighted by Crippen LogP contribution is 2.38. The second-order valence-corrected chi connectivity index (χ2v) is 6.35. The molecule has 2 heterocycles. The van der Waals surface area contributed by atoms with Gasteiger partial charge in [0.05, 0.1) is 13.2 Å². The number of nitrogens with zero attached hydrogens (tertiary/aromatic N) is 1. The lowest BCUT2D eigenvalue weighted by Crippen LogP contribution is -2.14. The maximum Gasteiger partial charge on any atom is 0.170 e. The minimum Gasteiger partial charge on any atom is -0.496 e. The van der Waals surface area contributed by atoms with Crippen LogP contribution in [0.3, 0.4) is 0 Å². The van der Waals surface area contributed by atoms with Crippen molar-refractivity contribution in [3.63, 3.8) is 0 Å². The van der Waals surface area contributed by atoms with Crippen LogP contribution in [0, 0.1) is 13.8 Å². The summed E-state index contributed by atoms with van der Waals surface area (Å²) in [5, 5.41) is 8.82. The average Bonchev–Trinajstić information content (AvgIpc) is 3.21. The quantitative estimate of drug-likeness (QED) is 0.534. The second kappa shape index (κ2) is 6.59. The van der Waals surface area contributed by atoms with Crippen LogP contribution >= 0.6 is 0 Å². The van der Waals surface area contributed by atoms with Crippen LogP contribution < -0.4 is 10.1 Å². The molecule has 0 aliphatic rings. The summed E-state index contributed by atoms with van der Waals surface area (Å²) in [5.41, 5.74) is 4.43. The van der Waals surface area contributed by atoms with E-state index in [9.17, 15) is 0 Å². The van der Waals surface area contributed by atoms with Gasteiger partial charge in [-0.15, -0.1) is 0 Å². The van der Waals surface area contributed by atoms with Crippen molar-refractivity contribution < 1.29 is 9.26 Å². The molecule has 0 saturated heterocycles. The molecule has 5 heteroatoms. The molecule has 132 valence electrons. The predicted molar refractivity (Wildman–Crippen MR) is 103 cm³/mol. The summed E-state index contributed by atoms with van der Waals surface area (Å²) >= 11 is 0. The number of H-pyrrole nitrogens is 1. The average molecular weight is 347 g/mol. The van der Waals surface area contributed by atoms with Gasteiger partial charge in [-0.2, -0.15) is 0 Å². The van der Waals surface area contributed by atoms with E-state index in [1.807, 2.05) is 37.3 Å². The van der Waals surface area contributed by atoms with Gasteiger partial charge in [-0.3, -0.25) is 0 Å². The number of anilines is 1. The largest absolute Gasteiger partial charge is 0.496 e. The van der Waals surface area contributed by atoms with Gasteiger partial charge in [0.1, 0.15) is 11.5 Å². The lowest BCUT2D eigenvalue weighted by molar-refractivity contribution is 0.398. The van der Waals surface area contributed by atoms with Gasteiger partial charge in [-0.1, -0.05) is 41.6 Å². The van der Waals surface area contributed by atoms with E-state index in [1.54, 1.807) is 7.11 Å². The maximum absolute atomic E-state index is 5.63. The van der Waals surface area contributed by atoms with Crippen LogP contribution in [0.15, 0.2) is 59.1 Å². The Morgan fingerprint density at radius 3 is 2.62 bits per heavy atom. The van der Waals surface area contributed by atoms with Gasteiger partial charge in [0.2, 0.25) is 0 Å². The Hall–Kier alpha value is -3.21. The van der Waals surface area contributed by atoms with E-state index in [1.165, 1.54) is 10.9 Å². The van der Waals surface area contributed by atoms with Crippen molar-refractivity contribution >= 4 is 16.7 Å². The second-order valence-electron chi connectivity index (χ2n) is 6.35. The number of fused-ring (bicyclic) bond motifs is 1. The molecule has 0 aliphatic heterocycles. The van der Waals surface area contributed by atoms with Crippen molar-refractivity contribution in [2.24, 2.45) is 0 Å². The third-order valence-electron chi connectivity index (χ3n) is 4.60. The predicted octanol–water partition coefficient (Wildman–Crippen LogP) is 4.98. The van der Waals surface area contributed by atoms with Crippen LogP contribution in [0.4, 0.5) is 5.82 Å².